The third-order valence-corrected chi connectivity index (χ3v) is 3.17. The lowest BCUT2D eigenvalue weighted by molar-refractivity contribution is 0.600. The lowest BCUT2D eigenvalue weighted by Gasteiger charge is -2.17. The molecule has 0 aliphatic rings. The van der Waals surface area contributed by atoms with Gasteiger partial charge in [-0.25, -0.2) is 9.37 Å². The molecule has 0 bridgehead atoms. The molecule has 1 N–H and O–H groups in total. The molecule has 4 heteroatoms. The van der Waals surface area contributed by atoms with E-state index in [-0.39, 0.29) is 11.9 Å². The van der Waals surface area contributed by atoms with E-state index >= 15 is 0 Å². The maximum absolute atomic E-state index is 13.6. The number of anilines is 1. The predicted octanol–water partition coefficient (Wildman–Crippen LogP) is 3.29. The average molecular weight is 247 g/mol. The van der Waals surface area contributed by atoms with Crippen LogP contribution < -0.4 is 5.32 Å². The Morgan fingerprint density at radius 1 is 1.33 bits per heavy atom. The first kappa shape index (κ1) is 12.6. The highest BCUT2D eigenvalue weighted by molar-refractivity contribution is 5.33. The molecule has 0 saturated heterocycles. The van der Waals surface area contributed by atoms with E-state index in [9.17, 15) is 4.39 Å². The van der Waals surface area contributed by atoms with E-state index in [4.69, 9.17) is 0 Å². The van der Waals surface area contributed by atoms with Gasteiger partial charge in [0.15, 0.2) is 0 Å². The molecule has 2 aromatic rings. The lowest BCUT2D eigenvalue weighted by atomic mass is 10.1. The summed E-state index contributed by atoms with van der Waals surface area (Å²) in [5.41, 5.74) is 2.55. The van der Waals surface area contributed by atoms with Crippen molar-refractivity contribution in [1.82, 2.24) is 9.55 Å². The van der Waals surface area contributed by atoms with Gasteiger partial charge in [0, 0.05) is 13.2 Å². The van der Waals surface area contributed by atoms with Crippen LogP contribution in [0.3, 0.4) is 0 Å². The summed E-state index contributed by atoms with van der Waals surface area (Å²) >= 11 is 0. The van der Waals surface area contributed by atoms with Crippen LogP contribution in [0.2, 0.25) is 0 Å². The Hall–Kier alpha value is -1.84. The van der Waals surface area contributed by atoms with E-state index in [0.29, 0.717) is 5.56 Å². The number of imidazole rings is 1. The van der Waals surface area contributed by atoms with Gasteiger partial charge in [-0.05, 0) is 38.0 Å². The standard InChI is InChI=1S/C14H18FN3/c1-9-5-6-12(7-13(9)15)11(3)18-8-10(2)17-14(18)16-4/h5-8,11H,1-4H3,(H,16,17). The number of rotatable bonds is 3. The number of nitrogens with one attached hydrogen (secondary N) is 1. The van der Waals surface area contributed by atoms with Crippen molar-refractivity contribution >= 4 is 5.95 Å². The van der Waals surface area contributed by atoms with Crippen LogP contribution in [0.25, 0.3) is 0 Å². The summed E-state index contributed by atoms with van der Waals surface area (Å²) in [4.78, 5) is 4.37. The molecule has 0 saturated carbocycles. The Labute approximate surface area is 107 Å². The summed E-state index contributed by atoms with van der Waals surface area (Å²) in [5, 5.41) is 3.05. The molecule has 0 amide bonds. The maximum Gasteiger partial charge on any atom is 0.203 e. The normalized spacial score (nSPS) is 12.5. The van der Waals surface area contributed by atoms with E-state index in [1.54, 1.807) is 13.0 Å². The van der Waals surface area contributed by atoms with Crippen LogP contribution in [0.15, 0.2) is 24.4 Å². The highest BCUT2D eigenvalue weighted by atomic mass is 19.1. The zero-order chi connectivity index (χ0) is 13.3. The van der Waals surface area contributed by atoms with Gasteiger partial charge >= 0.3 is 0 Å². The van der Waals surface area contributed by atoms with Crippen LogP contribution >= 0.6 is 0 Å². The molecule has 0 aliphatic carbocycles. The van der Waals surface area contributed by atoms with E-state index in [1.165, 1.54) is 0 Å². The van der Waals surface area contributed by atoms with Gasteiger partial charge in [-0.15, -0.1) is 0 Å². The summed E-state index contributed by atoms with van der Waals surface area (Å²) in [6, 6.07) is 5.40. The van der Waals surface area contributed by atoms with Gasteiger partial charge in [0.2, 0.25) is 5.95 Å². The van der Waals surface area contributed by atoms with Gasteiger partial charge < -0.3 is 9.88 Å². The first-order chi connectivity index (χ1) is 8.52. The highest BCUT2D eigenvalue weighted by Gasteiger charge is 2.13. The molecule has 1 unspecified atom stereocenters. The van der Waals surface area contributed by atoms with Crippen LogP contribution in [0, 0.1) is 19.7 Å². The van der Waals surface area contributed by atoms with Gasteiger partial charge in [-0.2, -0.15) is 0 Å². The quantitative estimate of drug-likeness (QED) is 0.902. The largest absolute Gasteiger partial charge is 0.359 e. The van der Waals surface area contributed by atoms with Crippen molar-refractivity contribution in [3.8, 4) is 0 Å². The Morgan fingerprint density at radius 3 is 2.67 bits per heavy atom. The second-order valence-electron chi connectivity index (χ2n) is 4.55. The fraction of sp³-hybridized carbons (Fsp3) is 0.357. The van der Waals surface area contributed by atoms with Crippen LogP contribution in [-0.2, 0) is 0 Å². The topological polar surface area (TPSA) is 29.9 Å². The molecule has 96 valence electrons. The predicted molar refractivity (Wildman–Crippen MR) is 71.5 cm³/mol. The number of hydrogen-bond donors (Lipinski definition) is 1. The van der Waals surface area contributed by atoms with Gasteiger partial charge in [0.1, 0.15) is 5.82 Å². The monoisotopic (exact) mass is 247 g/mol. The molecule has 0 aliphatic heterocycles. The molecule has 1 aromatic carbocycles. The molecular weight excluding hydrogens is 229 g/mol. The summed E-state index contributed by atoms with van der Waals surface area (Å²) in [5.74, 6) is 0.628. The number of nitrogens with zero attached hydrogens (tertiary/aromatic N) is 2. The minimum absolute atomic E-state index is 0.0451. The fourth-order valence-corrected chi connectivity index (χ4v) is 2.03. The van der Waals surface area contributed by atoms with Gasteiger partial charge in [0.05, 0.1) is 11.7 Å². The number of aromatic nitrogens is 2. The summed E-state index contributed by atoms with van der Waals surface area (Å²) in [6.45, 7) is 5.75. The molecule has 1 aromatic heterocycles. The highest BCUT2D eigenvalue weighted by Crippen LogP contribution is 2.24. The van der Waals surface area contributed by atoms with Crippen molar-refractivity contribution in [1.29, 1.82) is 0 Å². The zero-order valence-corrected chi connectivity index (χ0v) is 11.2. The molecule has 1 heterocycles. The molecule has 3 nitrogen and oxygen atoms in total. The molecular formula is C14H18FN3. The minimum atomic E-state index is -0.165. The number of benzene rings is 1. The van der Waals surface area contributed by atoms with Crippen LogP contribution in [0.4, 0.5) is 10.3 Å². The van der Waals surface area contributed by atoms with Gasteiger partial charge in [0.25, 0.3) is 0 Å². The second-order valence-corrected chi connectivity index (χ2v) is 4.55. The van der Waals surface area contributed by atoms with Crippen molar-refractivity contribution < 1.29 is 4.39 Å². The Balaban J connectivity index is 2.40. The van der Waals surface area contributed by atoms with E-state index in [2.05, 4.69) is 10.3 Å². The van der Waals surface area contributed by atoms with Crippen molar-refractivity contribution in [2.24, 2.45) is 0 Å². The first-order valence-corrected chi connectivity index (χ1v) is 6.02. The first-order valence-electron chi connectivity index (χ1n) is 6.02. The van der Waals surface area contributed by atoms with Crippen molar-refractivity contribution in [3.05, 3.63) is 47.0 Å². The molecule has 2 rings (SSSR count). The van der Waals surface area contributed by atoms with Crippen LogP contribution in [-0.4, -0.2) is 16.6 Å². The molecule has 0 fully saturated rings. The maximum atomic E-state index is 13.6. The Morgan fingerprint density at radius 2 is 2.06 bits per heavy atom. The Bertz CT molecular complexity index is 560. The van der Waals surface area contributed by atoms with E-state index in [1.807, 2.05) is 43.8 Å². The summed E-state index contributed by atoms with van der Waals surface area (Å²) in [7, 11) is 1.83. The molecule has 18 heavy (non-hydrogen) atoms. The Kier molecular flexibility index (Phi) is 3.36. The minimum Gasteiger partial charge on any atom is -0.359 e. The van der Waals surface area contributed by atoms with E-state index in [0.717, 1.165) is 17.2 Å². The molecule has 1 atom stereocenters. The van der Waals surface area contributed by atoms with Crippen LogP contribution in [0.5, 0.6) is 0 Å². The molecule has 0 radical (unpaired) electrons. The lowest BCUT2D eigenvalue weighted by Crippen LogP contribution is -2.09. The average Bonchev–Trinajstić information content (AvgIpc) is 2.73. The van der Waals surface area contributed by atoms with Crippen LogP contribution in [0.1, 0.15) is 29.8 Å². The third kappa shape index (κ3) is 2.23. The number of aryl methyl sites for hydroxylation is 2. The zero-order valence-electron chi connectivity index (χ0n) is 11.2. The molecule has 0 spiro atoms. The summed E-state index contributed by atoms with van der Waals surface area (Å²) < 4.78 is 15.6. The van der Waals surface area contributed by atoms with Crippen molar-refractivity contribution in [3.63, 3.8) is 0 Å². The number of hydrogen-bond acceptors (Lipinski definition) is 2. The fourth-order valence-electron chi connectivity index (χ4n) is 2.03. The van der Waals surface area contributed by atoms with Gasteiger partial charge in [-0.1, -0.05) is 12.1 Å². The number of halogens is 1. The SMILES string of the molecule is CNc1nc(C)cn1C(C)c1ccc(C)c(F)c1. The van der Waals surface area contributed by atoms with Crippen molar-refractivity contribution in [2.75, 3.05) is 12.4 Å². The summed E-state index contributed by atoms with van der Waals surface area (Å²) in [6.07, 6.45) is 1.97. The smallest absolute Gasteiger partial charge is 0.203 e. The van der Waals surface area contributed by atoms with Crippen molar-refractivity contribution in [2.45, 2.75) is 26.8 Å². The second kappa shape index (κ2) is 4.80. The third-order valence-electron chi connectivity index (χ3n) is 3.17. The van der Waals surface area contributed by atoms with Gasteiger partial charge in [-0.3, -0.25) is 0 Å². The van der Waals surface area contributed by atoms with E-state index < -0.39 is 0 Å².